The Kier molecular flexibility index (Phi) is 4.58. The largest absolute Gasteiger partial charge is 0.486 e. The van der Waals surface area contributed by atoms with Crippen LogP contribution in [0.2, 0.25) is 0 Å². The molecule has 0 aliphatic heterocycles. The molecule has 112 valence electrons. The van der Waals surface area contributed by atoms with E-state index in [1.54, 1.807) is 13.4 Å². The molecule has 1 N–H and O–H groups in total. The summed E-state index contributed by atoms with van der Waals surface area (Å²) in [5.74, 6) is 1.68. The molecule has 21 heavy (non-hydrogen) atoms. The maximum Gasteiger partial charge on any atom is 0.146 e. The molecular weight excluding hydrogens is 266 g/mol. The van der Waals surface area contributed by atoms with Gasteiger partial charge in [0.1, 0.15) is 18.1 Å². The predicted molar refractivity (Wildman–Crippen MR) is 80.1 cm³/mol. The maximum absolute atomic E-state index is 5.76. The van der Waals surface area contributed by atoms with Gasteiger partial charge in [-0.15, -0.1) is 0 Å². The summed E-state index contributed by atoms with van der Waals surface area (Å²) in [6.07, 6.45) is 4.40. The Bertz CT molecular complexity index is 575. The fourth-order valence-electron chi connectivity index (χ4n) is 2.19. The topological polar surface area (TPSA) is 43.6 Å². The lowest BCUT2D eigenvalue weighted by Gasteiger charge is -2.06. The van der Waals surface area contributed by atoms with Gasteiger partial charge in [-0.05, 0) is 36.6 Å². The highest BCUT2D eigenvalue weighted by atomic mass is 16.5. The third kappa shape index (κ3) is 4.34. The second kappa shape index (κ2) is 6.78. The standard InChI is InChI=1S/C17H21NO3/c1-19-10-13-3-2-4-16(7-13)21-12-17-8-14(11-20-17)9-18-15-5-6-15/h2-4,7-8,11,15,18H,5-6,9-10,12H2,1H3. The van der Waals surface area contributed by atoms with Crippen molar-refractivity contribution in [3.8, 4) is 5.75 Å². The van der Waals surface area contributed by atoms with Crippen molar-refractivity contribution in [3.05, 3.63) is 53.5 Å². The van der Waals surface area contributed by atoms with E-state index in [9.17, 15) is 0 Å². The summed E-state index contributed by atoms with van der Waals surface area (Å²) in [7, 11) is 1.69. The SMILES string of the molecule is COCc1cccc(OCc2cc(CNC3CC3)co2)c1. The lowest BCUT2D eigenvalue weighted by molar-refractivity contribution is 0.184. The van der Waals surface area contributed by atoms with E-state index in [1.165, 1.54) is 18.4 Å². The number of nitrogens with one attached hydrogen (secondary N) is 1. The molecule has 1 aliphatic carbocycles. The van der Waals surface area contributed by atoms with Crippen molar-refractivity contribution in [2.75, 3.05) is 7.11 Å². The van der Waals surface area contributed by atoms with Gasteiger partial charge in [0.15, 0.2) is 0 Å². The van der Waals surface area contributed by atoms with E-state index in [4.69, 9.17) is 13.9 Å². The van der Waals surface area contributed by atoms with Gasteiger partial charge in [0.25, 0.3) is 0 Å². The van der Waals surface area contributed by atoms with Crippen LogP contribution in [0, 0.1) is 0 Å². The number of rotatable bonds is 8. The smallest absolute Gasteiger partial charge is 0.146 e. The summed E-state index contributed by atoms with van der Waals surface area (Å²) in [4.78, 5) is 0. The molecule has 4 heteroatoms. The van der Waals surface area contributed by atoms with Crippen LogP contribution in [-0.4, -0.2) is 13.2 Å². The molecule has 2 aromatic rings. The number of ether oxygens (including phenoxy) is 2. The predicted octanol–water partition coefficient (Wildman–Crippen LogP) is 3.26. The molecule has 1 saturated carbocycles. The minimum Gasteiger partial charge on any atom is -0.486 e. The Morgan fingerprint density at radius 1 is 1.19 bits per heavy atom. The molecule has 3 rings (SSSR count). The van der Waals surface area contributed by atoms with Gasteiger partial charge in [0.2, 0.25) is 0 Å². The van der Waals surface area contributed by atoms with Crippen molar-refractivity contribution < 1.29 is 13.9 Å². The molecule has 1 aliphatic rings. The van der Waals surface area contributed by atoms with Crippen LogP contribution in [0.5, 0.6) is 5.75 Å². The van der Waals surface area contributed by atoms with Crippen molar-refractivity contribution in [3.63, 3.8) is 0 Å². The molecule has 1 heterocycles. The van der Waals surface area contributed by atoms with Gasteiger partial charge in [-0.2, -0.15) is 0 Å². The number of benzene rings is 1. The van der Waals surface area contributed by atoms with Crippen molar-refractivity contribution in [1.82, 2.24) is 5.32 Å². The normalized spacial score (nSPS) is 14.3. The van der Waals surface area contributed by atoms with E-state index >= 15 is 0 Å². The first kappa shape index (κ1) is 14.2. The zero-order chi connectivity index (χ0) is 14.5. The molecule has 0 unspecified atom stereocenters. The molecule has 0 amide bonds. The van der Waals surface area contributed by atoms with E-state index < -0.39 is 0 Å². The Labute approximate surface area is 125 Å². The number of hydrogen-bond acceptors (Lipinski definition) is 4. The Hall–Kier alpha value is -1.78. The summed E-state index contributed by atoms with van der Waals surface area (Å²) in [6.45, 7) is 1.91. The van der Waals surface area contributed by atoms with Crippen LogP contribution in [0.15, 0.2) is 41.0 Å². The van der Waals surface area contributed by atoms with Gasteiger partial charge < -0.3 is 19.2 Å². The monoisotopic (exact) mass is 287 g/mol. The quantitative estimate of drug-likeness (QED) is 0.809. The van der Waals surface area contributed by atoms with Crippen LogP contribution in [0.4, 0.5) is 0 Å². The molecule has 0 spiro atoms. The Balaban J connectivity index is 1.50. The average molecular weight is 287 g/mol. The average Bonchev–Trinajstić information content (AvgIpc) is 3.22. The molecule has 0 bridgehead atoms. The summed E-state index contributed by atoms with van der Waals surface area (Å²) < 4.78 is 16.4. The van der Waals surface area contributed by atoms with Crippen LogP contribution in [0.25, 0.3) is 0 Å². The lowest BCUT2D eigenvalue weighted by Crippen LogP contribution is -2.14. The highest BCUT2D eigenvalue weighted by Gasteiger charge is 2.20. The van der Waals surface area contributed by atoms with Crippen molar-refractivity contribution in [2.24, 2.45) is 0 Å². The summed E-state index contributed by atoms with van der Waals surface area (Å²) in [5, 5.41) is 3.47. The van der Waals surface area contributed by atoms with E-state index in [0.29, 0.717) is 19.3 Å². The molecule has 0 saturated heterocycles. The molecule has 1 aromatic heterocycles. The van der Waals surface area contributed by atoms with Crippen molar-refractivity contribution in [2.45, 2.75) is 38.6 Å². The Morgan fingerprint density at radius 2 is 2.10 bits per heavy atom. The highest BCUT2D eigenvalue weighted by molar-refractivity contribution is 5.28. The number of furan rings is 1. The van der Waals surface area contributed by atoms with E-state index in [2.05, 4.69) is 5.32 Å². The maximum atomic E-state index is 5.76. The first-order valence-electron chi connectivity index (χ1n) is 7.34. The first-order chi connectivity index (χ1) is 10.3. The molecule has 0 radical (unpaired) electrons. The van der Waals surface area contributed by atoms with Crippen LogP contribution in [-0.2, 0) is 24.5 Å². The zero-order valence-electron chi connectivity index (χ0n) is 12.3. The van der Waals surface area contributed by atoms with Crippen LogP contribution >= 0.6 is 0 Å². The van der Waals surface area contributed by atoms with Crippen LogP contribution in [0.1, 0.15) is 29.7 Å². The summed E-state index contributed by atoms with van der Waals surface area (Å²) >= 11 is 0. The molecule has 1 aromatic carbocycles. The van der Waals surface area contributed by atoms with Gasteiger partial charge in [0, 0.05) is 25.3 Å². The van der Waals surface area contributed by atoms with E-state index in [0.717, 1.165) is 23.6 Å². The van der Waals surface area contributed by atoms with E-state index in [1.807, 2.05) is 30.3 Å². The van der Waals surface area contributed by atoms with Gasteiger partial charge >= 0.3 is 0 Å². The lowest BCUT2D eigenvalue weighted by atomic mass is 10.2. The highest BCUT2D eigenvalue weighted by Crippen LogP contribution is 2.20. The minimum atomic E-state index is 0.444. The van der Waals surface area contributed by atoms with Crippen LogP contribution in [0.3, 0.4) is 0 Å². The fraction of sp³-hybridized carbons (Fsp3) is 0.412. The third-order valence-corrected chi connectivity index (χ3v) is 3.47. The van der Waals surface area contributed by atoms with Crippen LogP contribution < -0.4 is 10.1 Å². The summed E-state index contributed by atoms with van der Waals surface area (Å²) in [6, 6.07) is 10.7. The van der Waals surface area contributed by atoms with Gasteiger partial charge in [0.05, 0.1) is 12.9 Å². The molecule has 4 nitrogen and oxygen atoms in total. The Morgan fingerprint density at radius 3 is 2.90 bits per heavy atom. The van der Waals surface area contributed by atoms with Gasteiger partial charge in [-0.3, -0.25) is 0 Å². The van der Waals surface area contributed by atoms with Gasteiger partial charge in [-0.25, -0.2) is 0 Å². The van der Waals surface area contributed by atoms with Crippen molar-refractivity contribution >= 4 is 0 Å². The fourth-order valence-corrected chi connectivity index (χ4v) is 2.19. The number of methoxy groups -OCH3 is 1. The third-order valence-electron chi connectivity index (χ3n) is 3.47. The zero-order valence-corrected chi connectivity index (χ0v) is 12.3. The molecule has 1 fully saturated rings. The minimum absolute atomic E-state index is 0.444. The van der Waals surface area contributed by atoms with Crippen molar-refractivity contribution in [1.29, 1.82) is 0 Å². The van der Waals surface area contributed by atoms with E-state index in [-0.39, 0.29) is 0 Å². The number of hydrogen-bond donors (Lipinski definition) is 1. The first-order valence-corrected chi connectivity index (χ1v) is 7.34. The second-order valence-corrected chi connectivity index (χ2v) is 5.45. The summed E-state index contributed by atoms with van der Waals surface area (Å²) in [5.41, 5.74) is 2.28. The molecular formula is C17H21NO3. The second-order valence-electron chi connectivity index (χ2n) is 5.45. The van der Waals surface area contributed by atoms with Gasteiger partial charge in [-0.1, -0.05) is 12.1 Å². The molecule has 0 atom stereocenters.